The van der Waals surface area contributed by atoms with E-state index < -0.39 is 0 Å². The maximum absolute atomic E-state index is 6.66. The van der Waals surface area contributed by atoms with Gasteiger partial charge >= 0.3 is 0 Å². The Morgan fingerprint density at radius 3 is 2.21 bits per heavy atom. The topological polar surface area (TPSA) is 54.2 Å². The van der Waals surface area contributed by atoms with Gasteiger partial charge in [0.05, 0.1) is 29.5 Å². The van der Waals surface area contributed by atoms with Crippen molar-refractivity contribution in [3.8, 4) is 11.1 Å². The summed E-state index contributed by atoms with van der Waals surface area (Å²) in [7, 11) is 0. The molecule has 0 spiro atoms. The molecule has 12 rings (SSSR count). The largest absolute Gasteiger partial charge is 0.456 e. The summed E-state index contributed by atoms with van der Waals surface area (Å²) >= 11 is 1.98. The van der Waals surface area contributed by atoms with E-state index >= 15 is 0 Å². The summed E-state index contributed by atoms with van der Waals surface area (Å²) in [6, 6.07) is 48.4. The molecule has 276 valence electrons. The molecule has 2 aliphatic heterocycles. The second-order valence-corrected chi connectivity index (χ2v) is 16.9. The number of aromatic nitrogens is 1. The quantitative estimate of drug-likeness (QED) is 0.163. The summed E-state index contributed by atoms with van der Waals surface area (Å²) in [5.41, 5.74) is 11.8. The van der Waals surface area contributed by atoms with Crippen molar-refractivity contribution in [2.75, 3.05) is 0 Å². The number of para-hydroxylation sites is 2. The summed E-state index contributed by atoms with van der Waals surface area (Å²) in [4.78, 5) is 1.35. The number of nitrogens with zero attached hydrogens (tertiary/aromatic N) is 1. The average Bonchev–Trinajstić information content (AvgIpc) is 3.95. The Morgan fingerprint density at radius 1 is 0.614 bits per heavy atom. The van der Waals surface area contributed by atoms with Crippen molar-refractivity contribution >= 4 is 61.2 Å². The van der Waals surface area contributed by atoms with Crippen molar-refractivity contribution in [3.63, 3.8) is 0 Å². The lowest BCUT2D eigenvalue weighted by Crippen LogP contribution is -2.61. The molecule has 3 N–H and O–H groups in total. The molecule has 57 heavy (non-hydrogen) atoms. The molecule has 2 aliphatic carbocycles. The predicted octanol–water partition coefficient (Wildman–Crippen LogP) is 12.0. The third-order valence-corrected chi connectivity index (χ3v) is 13.7. The van der Waals surface area contributed by atoms with E-state index in [1.54, 1.807) is 0 Å². The van der Waals surface area contributed by atoms with E-state index in [9.17, 15) is 0 Å². The van der Waals surface area contributed by atoms with Gasteiger partial charge in [-0.15, -0.1) is 11.8 Å². The summed E-state index contributed by atoms with van der Waals surface area (Å²) in [5.74, 6) is 0.702. The van der Waals surface area contributed by atoms with Crippen LogP contribution in [0, 0.1) is 5.92 Å². The number of furan rings is 1. The number of hydrogen-bond acceptors (Lipinski definition) is 5. The van der Waals surface area contributed by atoms with E-state index in [1.165, 1.54) is 54.7 Å². The Hall–Kier alpha value is -5.89. The van der Waals surface area contributed by atoms with Crippen LogP contribution >= 0.6 is 11.8 Å². The normalized spacial score (nSPS) is 24.0. The average molecular weight is 757 g/mol. The molecule has 2 aromatic heterocycles. The molecule has 6 atom stereocenters. The van der Waals surface area contributed by atoms with Crippen LogP contribution in [0.3, 0.4) is 0 Å². The van der Waals surface area contributed by atoms with E-state index in [2.05, 4.69) is 197 Å². The van der Waals surface area contributed by atoms with E-state index in [4.69, 9.17) is 4.42 Å². The predicted molar refractivity (Wildman–Crippen MR) is 236 cm³/mol. The molecule has 8 aromatic rings. The second kappa shape index (κ2) is 13.4. The third kappa shape index (κ3) is 5.51. The molecule has 0 radical (unpaired) electrons. The fourth-order valence-electron chi connectivity index (χ4n) is 9.67. The minimum Gasteiger partial charge on any atom is -0.456 e. The molecule has 5 nitrogen and oxygen atoms in total. The van der Waals surface area contributed by atoms with Gasteiger partial charge < -0.3 is 8.98 Å². The Balaban J connectivity index is 0.863. The molecule has 6 unspecified atom stereocenters. The highest BCUT2D eigenvalue weighted by atomic mass is 32.2. The first-order chi connectivity index (χ1) is 28.2. The van der Waals surface area contributed by atoms with E-state index in [0.29, 0.717) is 17.1 Å². The number of thioether (sulfide) groups is 1. The molecule has 1 fully saturated rings. The molecule has 4 heterocycles. The van der Waals surface area contributed by atoms with Crippen LogP contribution in [-0.4, -0.2) is 16.0 Å². The van der Waals surface area contributed by atoms with Crippen LogP contribution in [0.15, 0.2) is 185 Å². The Bertz CT molecular complexity index is 2950. The third-order valence-electron chi connectivity index (χ3n) is 12.4. The minimum absolute atomic E-state index is 0.00508. The van der Waals surface area contributed by atoms with E-state index in [-0.39, 0.29) is 18.5 Å². The van der Waals surface area contributed by atoms with Gasteiger partial charge in [0.2, 0.25) is 0 Å². The van der Waals surface area contributed by atoms with Gasteiger partial charge in [-0.3, -0.25) is 16.0 Å². The van der Waals surface area contributed by atoms with Gasteiger partial charge in [0, 0.05) is 49.2 Å². The standard InChI is InChI=1S/C51H40N4OS/c1-3-12-31(13-4-1)49-52-50(32-14-5-2-6-15-32)54-51(53-49)41-18-11-21-44-48(41)40-26-23-33(28-45(40)56-44)34-22-25-38-39-27-24-35(30-47(39)57-46(38)29-34)55-42-19-9-7-16-36(42)37-17-8-10-20-43(37)55/h1-14,16-30,32,39,47,49-54H,15H2. The van der Waals surface area contributed by atoms with Crippen molar-refractivity contribution in [3.05, 3.63) is 193 Å². The van der Waals surface area contributed by atoms with Crippen LogP contribution in [0.4, 0.5) is 0 Å². The van der Waals surface area contributed by atoms with Gasteiger partial charge in [0.15, 0.2) is 0 Å². The molecule has 4 aliphatic rings. The summed E-state index contributed by atoms with van der Waals surface area (Å²) < 4.78 is 9.10. The Morgan fingerprint density at radius 2 is 1.39 bits per heavy atom. The van der Waals surface area contributed by atoms with E-state index in [0.717, 1.165) is 33.9 Å². The highest BCUT2D eigenvalue weighted by molar-refractivity contribution is 8.00. The lowest BCUT2D eigenvalue weighted by Gasteiger charge is -2.42. The zero-order valence-electron chi connectivity index (χ0n) is 31.2. The van der Waals surface area contributed by atoms with Crippen LogP contribution in [-0.2, 0) is 0 Å². The Kier molecular flexibility index (Phi) is 7.80. The highest BCUT2D eigenvalue weighted by Crippen LogP contribution is 2.51. The fraction of sp³-hybridized carbons (Fsp3) is 0.137. The number of hydrogen-bond donors (Lipinski definition) is 3. The van der Waals surface area contributed by atoms with Crippen LogP contribution in [0.1, 0.15) is 41.4 Å². The van der Waals surface area contributed by atoms with Gasteiger partial charge in [-0.05, 0) is 82.8 Å². The minimum atomic E-state index is -0.0826. The summed E-state index contributed by atoms with van der Waals surface area (Å²) in [5, 5.41) is 16.9. The van der Waals surface area contributed by atoms with Gasteiger partial charge in [-0.25, -0.2) is 0 Å². The van der Waals surface area contributed by atoms with E-state index in [1.807, 2.05) is 11.8 Å². The zero-order valence-corrected chi connectivity index (χ0v) is 32.0. The highest BCUT2D eigenvalue weighted by Gasteiger charge is 2.35. The fourth-order valence-corrected chi connectivity index (χ4v) is 11.1. The molecular formula is C51H40N4OS. The van der Waals surface area contributed by atoms with Crippen molar-refractivity contribution in [2.45, 2.75) is 41.0 Å². The maximum Gasteiger partial charge on any atom is 0.136 e. The Labute approximate surface area is 335 Å². The molecule has 6 heteroatoms. The molecule has 6 aromatic carbocycles. The van der Waals surface area contributed by atoms with Gasteiger partial charge in [0.25, 0.3) is 0 Å². The molecule has 0 saturated carbocycles. The van der Waals surface area contributed by atoms with Crippen LogP contribution < -0.4 is 16.0 Å². The lowest BCUT2D eigenvalue weighted by molar-refractivity contribution is 0.171. The van der Waals surface area contributed by atoms with Gasteiger partial charge in [-0.1, -0.05) is 127 Å². The molecule has 1 saturated heterocycles. The van der Waals surface area contributed by atoms with Crippen molar-refractivity contribution in [1.29, 1.82) is 0 Å². The smallest absolute Gasteiger partial charge is 0.136 e. The van der Waals surface area contributed by atoms with Crippen LogP contribution in [0.5, 0.6) is 0 Å². The first-order valence-electron chi connectivity index (χ1n) is 20.0. The first kappa shape index (κ1) is 33.3. The zero-order chi connectivity index (χ0) is 37.5. The maximum atomic E-state index is 6.66. The molecule has 0 bridgehead atoms. The van der Waals surface area contributed by atoms with Crippen molar-refractivity contribution in [1.82, 2.24) is 20.5 Å². The van der Waals surface area contributed by atoms with Crippen LogP contribution in [0.2, 0.25) is 0 Å². The van der Waals surface area contributed by atoms with Crippen molar-refractivity contribution in [2.24, 2.45) is 5.92 Å². The first-order valence-corrected chi connectivity index (χ1v) is 20.9. The SMILES string of the molecule is C1=CCC(C2NC(c3ccccc3)NC(c3cccc4oc5cc(-c6ccc7c(c6)SC6C=C(n8c9ccccc9c9ccccc98)C=CC76)ccc5c34)N2)C=C1. The number of nitrogens with one attached hydrogen (secondary N) is 3. The number of fused-ring (bicyclic) bond motifs is 9. The molecule has 0 amide bonds. The van der Waals surface area contributed by atoms with Gasteiger partial charge in [0.1, 0.15) is 11.2 Å². The number of benzene rings is 6. The number of rotatable bonds is 5. The summed E-state index contributed by atoms with van der Waals surface area (Å²) in [6.07, 6.45) is 17.1. The number of allylic oxidation sites excluding steroid dienone is 6. The van der Waals surface area contributed by atoms with Crippen LogP contribution in [0.25, 0.3) is 60.6 Å². The van der Waals surface area contributed by atoms with Crippen molar-refractivity contribution < 1.29 is 4.42 Å². The van der Waals surface area contributed by atoms with Gasteiger partial charge in [-0.2, -0.15) is 0 Å². The lowest BCUT2D eigenvalue weighted by atomic mass is 9.90. The molecular weight excluding hydrogens is 717 g/mol. The summed E-state index contributed by atoms with van der Waals surface area (Å²) in [6.45, 7) is 0. The monoisotopic (exact) mass is 756 g/mol. The second-order valence-electron chi connectivity index (χ2n) is 15.7.